The van der Waals surface area contributed by atoms with Crippen LogP contribution in [0.3, 0.4) is 0 Å². The second-order valence-electron chi connectivity index (χ2n) is 5.57. The molecule has 1 aromatic carbocycles. The number of thiazole rings is 1. The molecule has 108 valence electrons. The number of aromatic nitrogens is 1. The van der Waals surface area contributed by atoms with Gasteiger partial charge in [-0.15, -0.1) is 11.3 Å². The van der Waals surface area contributed by atoms with Gasteiger partial charge >= 0.3 is 0 Å². The Labute approximate surface area is 123 Å². The van der Waals surface area contributed by atoms with Crippen molar-refractivity contribution in [2.24, 2.45) is 5.73 Å². The number of nitrogens with two attached hydrogens (primary N) is 1. The number of aryl methyl sites for hydroxylation is 1. The van der Waals surface area contributed by atoms with E-state index in [0.29, 0.717) is 13.0 Å². The normalized spacial score (nSPS) is 11.8. The van der Waals surface area contributed by atoms with Gasteiger partial charge in [0.05, 0.1) is 15.2 Å². The molecule has 2 aromatic rings. The minimum atomic E-state index is -0.326. The summed E-state index contributed by atoms with van der Waals surface area (Å²) in [6, 6.07) is 8.11. The van der Waals surface area contributed by atoms with Crippen LogP contribution in [0.1, 0.15) is 31.7 Å². The first-order chi connectivity index (χ1) is 9.50. The fourth-order valence-corrected chi connectivity index (χ4v) is 2.93. The maximum absolute atomic E-state index is 11.8. The van der Waals surface area contributed by atoms with E-state index < -0.39 is 0 Å². The lowest BCUT2D eigenvalue weighted by Crippen LogP contribution is -2.48. The van der Waals surface area contributed by atoms with E-state index in [1.165, 1.54) is 4.70 Å². The number of carbonyl (C=O) groups excluding carboxylic acids is 1. The van der Waals surface area contributed by atoms with Gasteiger partial charge in [0.2, 0.25) is 5.91 Å². The van der Waals surface area contributed by atoms with Gasteiger partial charge in [-0.2, -0.15) is 0 Å². The average Bonchev–Trinajstić information content (AvgIpc) is 2.80. The third kappa shape index (κ3) is 4.02. The maximum Gasteiger partial charge on any atom is 0.220 e. The topological polar surface area (TPSA) is 68.0 Å². The number of nitrogens with one attached hydrogen (secondary N) is 1. The first-order valence-corrected chi connectivity index (χ1v) is 7.67. The van der Waals surface area contributed by atoms with Crippen molar-refractivity contribution < 1.29 is 4.79 Å². The molecule has 0 fully saturated rings. The van der Waals surface area contributed by atoms with Crippen molar-refractivity contribution in [1.82, 2.24) is 10.3 Å². The summed E-state index contributed by atoms with van der Waals surface area (Å²) in [5.74, 6) is 0.0570. The lowest BCUT2D eigenvalue weighted by Gasteiger charge is -2.24. The number of hydrogen-bond acceptors (Lipinski definition) is 4. The van der Waals surface area contributed by atoms with Crippen LogP contribution in [0, 0.1) is 0 Å². The van der Waals surface area contributed by atoms with Gasteiger partial charge in [0.15, 0.2) is 0 Å². The summed E-state index contributed by atoms with van der Waals surface area (Å²) >= 11 is 1.70. The fraction of sp³-hybridized carbons (Fsp3) is 0.467. The highest BCUT2D eigenvalue weighted by molar-refractivity contribution is 7.18. The highest BCUT2D eigenvalue weighted by Gasteiger charge is 2.17. The third-order valence-electron chi connectivity index (χ3n) is 3.12. The molecule has 0 radical (unpaired) electrons. The van der Waals surface area contributed by atoms with Crippen molar-refractivity contribution >= 4 is 27.5 Å². The zero-order valence-corrected chi connectivity index (χ0v) is 12.8. The lowest BCUT2D eigenvalue weighted by atomic mass is 10.1. The van der Waals surface area contributed by atoms with E-state index in [4.69, 9.17) is 5.73 Å². The Morgan fingerprint density at radius 3 is 2.85 bits per heavy atom. The number of para-hydroxylation sites is 1. The van der Waals surface area contributed by atoms with Crippen LogP contribution in [0.25, 0.3) is 10.2 Å². The number of amides is 1. The van der Waals surface area contributed by atoms with Crippen LogP contribution in [-0.2, 0) is 11.2 Å². The molecule has 3 N–H and O–H groups in total. The Morgan fingerprint density at radius 2 is 2.15 bits per heavy atom. The molecule has 20 heavy (non-hydrogen) atoms. The Kier molecular flexibility index (Phi) is 4.73. The van der Waals surface area contributed by atoms with E-state index in [-0.39, 0.29) is 11.4 Å². The van der Waals surface area contributed by atoms with E-state index in [0.717, 1.165) is 23.4 Å². The van der Waals surface area contributed by atoms with E-state index in [1.807, 2.05) is 32.0 Å². The molecule has 0 aliphatic rings. The van der Waals surface area contributed by atoms with E-state index in [1.54, 1.807) is 11.3 Å². The smallest absolute Gasteiger partial charge is 0.220 e. The molecule has 1 heterocycles. The Bertz CT molecular complexity index is 559. The Morgan fingerprint density at radius 1 is 1.40 bits per heavy atom. The highest BCUT2D eigenvalue weighted by atomic mass is 32.1. The van der Waals surface area contributed by atoms with Crippen LogP contribution in [0.15, 0.2) is 24.3 Å². The number of nitrogens with zero attached hydrogens (tertiary/aromatic N) is 1. The van der Waals surface area contributed by atoms with Crippen molar-refractivity contribution in [3.8, 4) is 0 Å². The summed E-state index contributed by atoms with van der Waals surface area (Å²) in [6.45, 7) is 4.30. The van der Waals surface area contributed by atoms with E-state index >= 15 is 0 Å². The van der Waals surface area contributed by atoms with Gasteiger partial charge in [-0.25, -0.2) is 4.98 Å². The van der Waals surface area contributed by atoms with Crippen molar-refractivity contribution in [2.45, 2.75) is 38.6 Å². The molecular weight excluding hydrogens is 270 g/mol. The van der Waals surface area contributed by atoms with Gasteiger partial charge in [0.1, 0.15) is 0 Å². The SMILES string of the molecule is CC(C)(CN)NC(=O)CCCc1nc2ccccc2s1. The van der Waals surface area contributed by atoms with Gasteiger partial charge in [0.25, 0.3) is 0 Å². The number of rotatable bonds is 6. The van der Waals surface area contributed by atoms with Crippen LogP contribution in [0.2, 0.25) is 0 Å². The molecule has 4 nitrogen and oxygen atoms in total. The molecule has 0 atom stereocenters. The molecule has 2 rings (SSSR count). The second kappa shape index (κ2) is 6.33. The van der Waals surface area contributed by atoms with Crippen LogP contribution in [0.5, 0.6) is 0 Å². The average molecular weight is 291 g/mol. The second-order valence-corrected chi connectivity index (χ2v) is 6.68. The van der Waals surface area contributed by atoms with E-state index in [2.05, 4.69) is 16.4 Å². The van der Waals surface area contributed by atoms with Gasteiger partial charge in [-0.05, 0) is 38.8 Å². The number of benzene rings is 1. The molecule has 1 aromatic heterocycles. The van der Waals surface area contributed by atoms with Crippen molar-refractivity contribution in [3.63, 3.8) is 0 Å². The quantitative estimate of drug-likeness (QED) is 0.859. The zero-order valence-electron chi connectivity index (χ0n) is 12.0. The summed E-state index contributed by atoms with van der Waals surface area (Å²) in [5.41, 5.74) is 6.31. The lowest BCUT2D eigenvalue weighted by molar-refractivity contribution is -0.122. The first-order valence-electron chi connectivity index (χ1n) is 6.86. The molecule has 5 heteroatoms. The van der Waals surface area contributed by atoms with Gasteiger partial charge in [-0.1, -0.05) is 12.1 Å². The van der Waals surface area contributed by atoms with Crippen LogP contribution in [0.4, 0.5) is 0 Å². The number of carbonyl (C=O) groups is 1. The Balaban J connectivity index is 1.82. The third-order valence-corrected chi connectivity index (χ3v) is 4.22. The molecular formula is C15H21N3OS. The molecule has 0 saturated heterocycles. The molecule has 0 bridgehead atoms. The monoisotopic (exact) mass is 291 g/mol. The van der Waals surface area contributed by atoms with Crippen molar-refractivity contribution in [2.75, 3.05) is 6.54 Å². The zero-order chi connectivity index (χ0) is 14.6. The van der Waals surface area contributed by atoms with Crippen LogP contribution >= 0.6 is 11.3 Å². The summed E-state index contributed by atoms with van der Waals surface area (Å²) in [4.78, 5) is 16.4. The predicted octanol–water partition coefficient (Wildman–Crippen LogP) is 2.47. The van der Waals surface area contributed by atoms with Gasteiger partial charge in [-0.3, -0.25) is 4.79 Å². The van der Waals surface area contributed by atoms with Gasteiger partial charge in [0, 0.05) is 18.5 Å². The van der Waals surface area contributed by atoms with E-state index in [9.17, 15) is 4.79 Å². The number of fused-ring (bicyclic) bond motifs is 1. The first kappa shape index (κ1) is 14.9. The summed E-state index contributed by atoms with van der Waals surface area (Å²) < 4.78 is 1.20. The number of hydrogen-bond donors (Lipinski definition) is 2. The summed E-state index contributed by atoms with van der Waals surface area (Å²) in [6.07, 6.45) is 2.17. The largest absolute Gasteiger partial charge is 0.350 e. The van der Waals surface area contributed by atoms with Crippen LogP contribution < -0.4 is 11.1 Å². The minimum Gasteiger partial charge on any atom is -0.350 e. The molecule has 0 aliphatic carbocycles. The maximum atomic E-state index is 11.8. The highest BCUT2D eigenvalue weighted by Crippen LogP contribution is 2.22. The van der Waals surface area contributed by atoms with Gasteiger partial charge < -0.3 is 11.1 Å². The van der Waals surface area contributed by atoms with Crippen molar-refractivity contribution in [1.29, 1.82) is 0 Å². The molecule has 1 amide bonds. The molecule has 0 aliphatic heterocycles. The molecule has 0 saturated carbocycles. The standard InChI is InChI=1S/C15H21N3OS/c1-15(2,10-16)18-13(19)8-5-9-14-17-11-6-3-4-7-12(11)20-14/h3-4,6-7H,5,8-10,16H2,1-2H3,(H,18,19). The molecule has 0 unspecified atom stereocenters. The molecule has 0 spiro atoms. The minimum absolute atomic E-state index is 0.0570. The van der Waals surface area contributed by atoms with Crippen molar-refractivity contribution in [3.05, 3.63) is 29.3 Å². The summed E-state index contributed by atoms with van der Waals surface area (Å²) in [7, 11) is 0. The fourth-order valence-electron chi connectivity index (χ4n) is 1.92. The Hall–Kier alpha value is -1.46. The predicted molar refractivity (Wildman–Crippen MR) is 83.8 cm³/mol. The van der Waals surface area contributed by atoms with Crippen LogP contribution in [-0.4, -0.2) is 23.0 Å². The summed E-state index contributed by atoms with van der Waals surface area (Å²) in [5, 5.41) is 4.03.